The number of nitriles is 1. The summed E-state index contributed by atoms with van der Waals surface area (Å²) < 4.78 is 1.85. The minimum absolute atomic E-state index is 0.374. The quantitative estimate of drug-likeness (QED) is 0.784. The molecular weight excluding hydrogens is 226 g/mol. The Morgan fingerprint density at radius 1 is 1.50 bits per heavy atom. The van der Waals surface area contributed by atoms with E-state index in [0.29, 0.717) is 23.2 Å². The van der Waals surface area contributed by atoms with Crippen molar-refractivity contribution in [1.82, 2.24) is 9.78 Å². The van der Waals surface area contributed by atoms with Crippen LogP contribution in [0.3, 0.4) is 0 Å². The molecule has 1 aliphatic carbocycles. The lowest BCUT2D eigenvalue weighted by atomic mass is 10.2. The Morgan fingerprint density at radius 3 is 2.83 bits per heavy atom. The fourth-order valence-electron chi connectivity index (χ4n) is 2.49. The average Bonchev–Trinajstić information content (AvgIpc) is 2.97. The Morgan fingerprint density at radius 2 is 2.22 bits per heavy atom. The molecule has 3 N–H and O–H groups in total. The van der Waals surface area contributed by atoms with E-state index in [-0.39, 0.29) is 0 Å². The molecule has 1 fully saturated rings. The number of hydrogen-bond donors (Lipinski definition) is 2. The van der Waals surface area contributed by atoms with Gasteiger partial charge in [-0.15, -0.1) is 0 Å². The van der Waals surface area contributed by atoms with Crippen molar-refractivity contribution in [2.75, 3.05) is 17.6 Å². The van der Waals surface area contributed by atoms with Crippen molar-refractivity contribution >= 4 is 11.6 Å². The van der Waals surface area contributed by atoms with E-state index in [9.17, 15) is 5.26 Å². The molecule has 0 aliphatic heterocycles. The number of anilines is 2. The smallest absolute Gasteiger partial charge is 0.168 e. The maximum atomic E-state index is 9.19. The van der Waals surface area contributed by atoms with Crippen molar-refractivity contribution in [1.29, 1.82) is 5.26 Å². The summed E-state index contributed by atoms with van der Waals surface area (Å²) in [5.74, 6) is 1.17. The van der Waals surface area contributed by atoms with Crippen LogP contribution in [0.15, 0.2) is 0 Å². The molecule has 0 aromatic carbocycles. The summed E-state index contributed by atoms with van der Waals surface area (Å²) in [6.07, 6.45) is 6.87. The molecule has 2 rings (SSSR count). The number of aromatic nitrogens is 2. The zero-order chi connectivity index (χ0) is 13.0. The van der Waals surface area contributed by atoms with Crippen LogP contribution in [-0.4, -0.2) is 16.3 Å². The molecule has 0 radical (unpaired) electrons. The molecule has 98 valence electrons. The SMILES string of the molecule is CCCCNc1nn(C2CCCC2)c(N)c1C#N. The van der Waals surface area contributed by atoms with Crippen molar-refractivity contribution in [2.24, 2.45) is 0 Å². The maximum Gasteiger partial charge on any atom is 0.168 e. The summed E-state index contributed by atoms with van der Waals surface area (Å²) in [5, 5.41) is 16.9. The highest BCUT2D eigenvalue weighted by Gasteiger charge is 2.23. The Kier molecular flexibility index (Phi) is 4.08. The van der Waals surface area contributed by atoms with E-state index in [2.05, 4.69) is 23.4 Å². The second-order valence-corrected chi connectivity index (χ2v) is 4.88. The van der Waals surface area contributed by atoms with Crippen LogP contribution in [0, 0.1) is 11.3 Å². The number of hydrogen-bond acceptors (Lipinski definition) is 4. The number of nitrogens with one attached hydrogen (secondary N) is 1. The van der Waals surface area contributed by atoms with Gasteiger partial charge in [0.25, 0.3) is 0 Å². The van der Waals surface area contributed by atoms with Crippen molar-refractivity contribution in [3.8, 4) is 6.07 Å². The molecule has 0 bridgehead atoms. The minimum atomic E-state index is 0.374. The van der Waals surface area contributed by atoms with Crippen LogP contribution in [0.1, 0.15) is 57.1 Å². The molecule has 0 saturated heterocycles. The van der Waals surface area contributed by atoms with Gasteiger partial charge < -0.3 is 11.1 Å². The first-order chi connectivity index (χ1) is 8.77. The third-order valence-corrected chi connectivity index (χ3v) is 3.55. The zero-order valence-corrected chi connectivity index (χ0v) is 10.9. The van der Waals surface area contributed by atoms with Gasteiger partial charge in [0.2, 0.25) is 0 Å². The van der Waals surface area contributed by atoms with Gasteiger partial charge in [0, 0.05) is 6.54 Å². The highest BCUT2D eigenvalue weighted by Crippen LogP contribution is 2.33. The molecule has 5 heteroatoms. The van der Waals surface area contributed by atoms with Gasteiger partial charge in [0.15, 0.2) is 5.82 Å². The molecule has 1 aliphatic rings. The average molecular weight is 247 g/mol. The first kappa shape index (κ1) is 12.7. The number of nitrogens with zero attached hydrogens (tertiary/aromatic N) is 3. The van der Waals surface area contributed by atoms with Crippen LogP contribution in [0.25, 0.3) is 0 Å². The molecule has 0 unspecified atom stereocenters. The molecular formula is C13H21N5. The summed E-state index contributed by atoms with van der Waals surface area (Å²) in [6.45, 7) is 2.98. The molecule has 0 amide bonds. The summed E-state index contributed by atoms with van der Waals surface area (Å²) in [6, 6.07) is 2.54. The lowest BCUT2D eigenvalue weighted by molar-refractivity contribution is 0.474. The highest BCUT2D eigenvalue weighted by molar-refractivity contribution is 5.63. The zero-order valence-electron chi connectivity index (χ0n) is 10.9. The fourth-order valence-corrected chi connectivity index (χ4v) is 2.49. The van der Waals surface area contributed by atoms with Crippen LogP contribution < -0.4 is 11.1 Å². The summed E-state index contributed by atoms with van der Waals surface area (Å²) in [7, 11) is 0. The molecule has 1 heterocycles. The summed E-state index contributed by atoms with van der Waals surface area (Å²) >= 11 is 0. The third kappa shape index (κ3) is 2.42. The van der Waals surface area contributed by atoms with Gasteiger partial charge in [-0.2, -0.15) is 10.4 Å². The monoisotopic (exact) mass is 247 g/mol. The van der Waals surface area contributed by atoms with Crippen LogP contribution >= 0.6 is 0 Å². The van der Waals surface area contributed by atoms with E-state index in [0.717, 1.165) is 32.2 Å². The fraction of sp³-hybridized carbons (Fsp3) is 0.692. The molecule has 5 nitrogen and oxygen atoms in total. The van der Waals surface area contributed by atoms with E-state index in [1.807, 2.05) is 4.68 Å². The summed E-state index contributed by atoms with van der Waals surface area (Å²) in [4.78, 5) is 0. The molecule has 18 heavy (non-hydrogen) atoms. The Hall–Kier alpha value is -1.70. The van der Waals surface area contributed by atoms with Gasteiger partial charge >= 0.3 is 0 Å². The van der Waals surface area contributed by atoms with Crippen LogP contribution in [0.4, 0.5) is 11.6 Å². The first-order valence-electron chi connectivity index (χ1n) is 6.79. The van der Waals surface area contributed by atoms with Crippen LogP contribution in [0.2, 0.25) is 0 Å². The van der Waals surface area contributed by atoms with E-state index < -0.39 is 0 Å². The molecule has 1 aromatic rings. The lowest BCUT2D eigenvalue weighted by Crippen LogP contribution is -2.10. The normalized spacial score (nSPS) is 15.8. The van der Waals surface area contributed by atoms with E-state index in [1.54, 1.807) is 0 Å². The van der Waals surface area contributed by atoms with Gasteiger partial charge in [-0.25, -0.2) is 4.68 Å². The predicted molar refractivity (Wildman–Crippen MR) is 72.3 cm³/mol. The van der Waals surface area contributed by atoms with Gasteiger partial charge in [0.1, 0.15) is 17.5 Å². The van der Waals surface area contributed by atoms with Crippen molar-refractivity contribution in [2.45, 2.75) is 51.5 Å². The number of nitrogen functional groups attached to an aromatic ring is 1. The Balaban J connectivity index is 2.18. The number of nitrogens with two attached hydrogens (primary N) is 1. The highest BCUT2D eigenvalue weighted by atomic mass is 15.4. The minimum Gasteiger partial charge on any atom is -0.383 e. The van der Waals surface area contributed by atoms with E-state index >= 15 is 0 Å². The van der Waals surface area contributed by atoms with Crippen molar-refractivity contribution in [3.63, 3.8) is 0 Å². The Labute approximate surface area is 108 Å². The second-order valence-electron chi connectivity index (χ2n) is 4.88. The van der Waals surface area contributed by atoms with Gasteiger partial charge in [-0.1, -0.05) is 26.2 Å². The number of unbranched alkanes of at least 4 members (excludes halogenated alkanes) is 1. The lowest BCUT2D eigenvalue weighted by Gasteiger charge is -2.11. The van der Waals surface area contributed by atoms with Gasteiger partial charge in [-0.3, -0.25) is 0 Å². The first-order valence-corrected chi connectivity index (χ1v) is 6.79. The predicted octanol–water partition coefficient (Wildman–Crippen LogP) is 2.66. The molecule has 1 aromatic heterocycles. The van der Waals surface area contributed by atoms with Crippen molar-refractivity contribution < 1.29 is 0 Å². The van der Waals surface area contributed by atoms with Gasteiger partial charge in [0.05, 0.1) is 6.04 Å². The van der Waals surface area contributed by atoms with Crippen LogP contribution in [-0.2, 0) is 0 Å². The van der Waals surface area contributed by atoms with E-state index in [1.165, 1.54) is 12.8 Å². The maximum absolute atomic E-state index is 9.19. The molecule has 0 atom stereocenters. The standard InChI is InChI=1S/C13H21N5/c1-2-3-8-16-13-11(9-14)12(15)18(17-13)10-6-4-5-7-10/h10H,2-8,15H2,1H3,(H,16,17). The Bertz CT molecular complexity index is 437. The second kappa shape index (κ2) is 5.76. The van der Waals surface area contributed by atoms with Crippen molar-refractivity contribution in [3.05, 3.63) is 5.56 Å². The third-order valence-electron chi connectivity index (χ3n) is 3.55. The summed E-state index contributed by atoms with van der Waals surface area (Å²) in [5.41, 5.74) is 6.53. The van der Waals surface area contributed by atoms with Crippen LogP contribution in [0.5, 0.6) is 0 Å². The molecule has 1 saturated carbocycles. The number of rotatable bonds is 5. The van der Waals surface area contributed by atoms with Gasteiger partial charge in [-0.05, 0) is 19.3 Å². The molecule has 0 spiro atoms. The largest absolute Gasteiger partial charge is 0.383 e. The topological polar surface area (TPSA) is 79.7 Å². The van der Waals surface area contributed by atoms with E-state index in [4.69, 9.17) is 5.73 Å².